The summed E-state index contributed by atoms with van der Waals surface area (Å²) < 4.78 is 30.5. The van der Waals surface area contributed by atoms with Crippen molar-refractivity contribution in [2.24, 2.45) is 0 Å². The van der Waals surface area contributed by atoms with Crippen molar-refractivity contribution in [1.29, 1.82) is 0 Å². The molecule has 9 heteroatoms. The third-order valence-corrected chi connectivity index (χ3v) is 4.86. The molecule has 8 nitrogen and oxygen atoms in total. The van der Waals surface area contributed by atoms with Gasteiger partial charge in [0.05, 0.1) is 4.90 Å². The van der Waals surface area contributed by atoms with Crippen LogP contribution in [-0.2, 0) is 14.8 Å². The van der Waals surface area contributed by atoms with Crippen molar-refractivity contribution in [2.45, 2.75) is 24.7 Å². The Hall–Kier alpha value is -2.26. The summed E-state index contributed by atoms with van der Waals surface area (Å²) in [5.74, 6) is 0.000670. The molecule has 1 amide bonds. The van der Waals surface area contributed by atoms with Crippen LogP contribution in [0.25, 0.3) is 11.5 Å². The van der Waals surface area contributed by atoms with Gasteiger partial charge in [0.15, 0.2) is 0 Å². The van der Waals surface area contributed by atoms with Crippen LogP contribution >= 0.6 is 0 Å². The number of carbonyl (C=O) groups is 1. The van der Waals surface area contributed by atoms with Crippen molar-refractivity contribution in [1.82, 2.24) is 14.5 Å². The van der Waals surface area contributed by atoms with Gasteiger partial charge >= 0.3 is 6.01 Å². The fraction of sp³-hybridized carbons (Fsp3) is 0.357. The molecule has 2 aromatic rings. The molecule has 0 fully saturated rings. The molecule has 1 aromatic heterocycles. The first-order valence-electron chi connectivity index (χ1n) is 7.01. The van der Waals surface area contributed by atoms with Gasteiger partial charge in [0, 0.05) is 26.1 Å². The minimum Gasteiger partial charge on any atom is -0.403 e. The summed E-state index contributed by atoms with van der Waals surface area (Å²) in [6, 6.07) is 6.08. The Bertz CT molecular complexity index is 781. The van der Waals surface area contributed by atoms with Crippen molar-refractivity contribution >= 4 is 21.9 Å². The number of nitrogens with one attached hydrogen (secondary N) is 1. The summed E-state index contributed by atoms with van der Waals surface area (Å²) in [6.45, 7) is 1.89. The number of nitrogens with zero attached hydrogens (tertiary/aromatic N) is 3. The number of anilines is 1. The Morgan fingerprint density at radius 3 is 2.43 bits per heavy atom. The van der Waals surface area contributed by atoms with Crippen LogP contribution in [0.3, 0.4) is 0 Å². The van der Waals surface area contributed by atoms with E-state index in [1.165, 1.54) is 26.2 Å². The Morgan fingerprint density at radius 1 is 1.22 bits per heavy atom. The highest BCUT2D eigenvalue weighted by molar-refractivity contribution is 7.89. The van der Waals surface area contributed by atoms with Gasteiger partial charge in [0.25, 0.3) is 0 Å². The van der Waals surface area contributed by atoms with Gasteiger partial charge in [0.2, 0.25) is 21.8 Å². The molecule has 1 N–H and O–H groups in total. The fourth-order valence-corrected chi connectivity index (χ4v) is 2.68. The zero-order valence-corrected chi connectivity index (χ0v) is 13.9. The molecule has 0 aliphatic carbocycles. The number of amides is 1. The van der Waals surface area contributed by atoms with E-state index in [0.717, 1.165) is 4.31 Å². The quantitative estimate of drug-likeness (QED) is 0.860. The predicted molar refractivity (Wildman–Crippen MR) is 84.1 cm³/mol. The zero-order valence-electron chi connectivity index (χ0n) is 13.1. The summed E-state index contributed by atoms with van der Waals surface area (Å²) >= 11 is 0. The Balaban J connectivity index is 2.18. The topological polar surface area (TPSA) is 105 Å². The molecule has 0 radical (unpaired) electrons. The molecule has 0 bridgehead atoms. The molecule has 124 valence electrons. The van der Waals surface area contributed by atoms with Crippen molar-refractivity contribution in [3.8, 4) is 11.5 Å². The highest BCUT2D eigenvalue weighted by Gasteiger charge is 2.18. The van der Waals surface area contributed by atoms with Gasteiger partial charge in [-0.05, 0) is 30.7 Å². The number of sulfonamides is 1. The summed E-state index contributed by atoms with van der Waals surface area (Å²) in [5, 5.41) is 10.1. The normalized spacial score (nSPS) is 11.7. The number of rotatable bonds is 6. The van der Waals surface area contributed by atoms with Gasteiger partial charge in [0.1, 0.15) is 0 Å². The van der Waals surface area contributed by atoms with E-state index in [-0.39, 0.29) is 22.7 Å². The highest BCUT2D eigenvalue weighted by atomic mass is 32.2. The summed E-state index contributed by atoms with van der Waals surface area (Å²) in [7, 11) is -0.554. The predicted octanol–water partition coefficient (Wildman–Crippen LogP) is 1.73. The molecule has 0 atom stereocenters. The lowest BCUT2D eigenvalue weighted by molar-refractivity contribution is -0.116. The average Bonchev–Trinajstić information content (AvgIpc) is 2.96. The second kappa shape index (κ2) is 6.88. The fourth-order valence-electron chi connectivity index (χ4n) is 1.78. The van der Waals surface area contributed by atoms with Crippen molar-refractivity contribution < 1.29 is 17.6 Å². The van der Waals surface area contributed by atoms with Crippen LogP contribution < -0.4 is 5.32 Å². The number of carbonyl (C=O) groups excluding carboxylic acids is 1. The minimum absolute atomic E-state index is 0.0171. The van der Waals surface area contributed by atoms with Gasteiger partial charge in [-0.1, -0.05) is 12.0 Å². The van der Waals surface area contributed by atoms with Crippen LogP contribution in [-0.4, -0.2) is 42.9 Å². The standard InChI is InChI=1S/C14H18N4O4S/c1-4-5-12(19)15-14-17-16-13(22-14)10-6-8-11(9-7-10)23(20,21)18(2)3/h6-9H,4-5H2,1-3H3,(H,15,17,19). The zero-order chi connectivity index (χ0) is 17.0. The molecular formula is C14H18N4O4S. The Kier molecular flexibility index (Phi) is 5.12. The van der Waals surface area contributed by atoms with Gasteiger partial charge in [-0.3, -0.25) is 10.1 Å². The lowest BCUT2D eigenvalue weighted by atomic mass is 10.2. The Morgan fingerprint density at radius 2 is 1.87 bits per heavy atom. The molecule has 23 heavy (non-hydrogen) atoms. The maximum atomic E-state index is 12.0. The molecule has 0 saturated carbocycles. The molecule has 0 aliphatic heterocycles. The molecule has 0 saturated heterocycles. The van der Waals surface area contributed by atoms with Crippen molar-refractivity contribution in [2.75, 3.05) is 19.4 Å². The van der Waals surface area contributed by atoms with E-state index in [9.17, 15) is 13.2 Å². The molecule has 0 unspecified atom stereocenters. The highest BCUT2D eigenvalue weighted by Crippen LogP contribution is 2.22. The van der Waals surface area contributed by atoms with E-state index in [2.05, 4.69) is 15.5 Å². The van der Waals surface area contributed by atoms with E-state index in [1.54, 1.807) is 12.1 Å². The first kappa shape index (κ1) is 17.1. The van der Waals surface area contributed by atoms with Gasteiger partial charge in [-0.2, -0.15) is 0 Å². The average molecular weight is 338 g/mol. The number of hydrogen-bond donors (Lipinski definition) is 1. The third-order valence-electron chi connectivity index (χ3n) is 3.03. The maximum Gasteiger partial charge on any atom is 0.322 e. The lowest BCUT2D eigenvalue weighted by Crippen LogP contribution is -2.22. The molecular weight excluding hydrogens is 320 g/mol. The van der Waals surface area contributed by atoms with E-state index in [4.69, 9.17) is 4.42 Å². The van der Waals surface area contributed by atoms with Crippen LogP contribution in [0.2, 0.25) is 0 Å². The van der Waals surface area contributed by atoms with Crippen LogP contribution in [0.4, 0.5) is 6.01 Å². The summed E-state index contributed by atoms with van der Waals surface area (Å²) in [6.07, 6.45) is 1.09. The SMILES string of the molecule is CCCC(=O)Nc1nnc(-c2ccc(S(=O)(=O)N(C)C)cc2)o1. The first-order valence-corrected chi connectivity index (χ1v) is 8.45. The summed E-state index contributed by atoms with van der Waals surface area (Å²) in [5.41, 5.74) is 0.561. The minimum atomic E-state index is -3.48. The first-order chi connectivity index (χ1) is 10.8. The van der Waals surface area contributed by atoms with E-state index in [1.807, 2.05) is 6.92 Å². The van der Waals surface area contributed by atoms with Crippen molar-refractivity contribution in [3.63, 3.8) is 0 Å². The molecule has 1 heterocycles. The second-order valence-corrected chi connectivity index (χ2v) is 7.17. The largest absolute Gasteiger partial charge is 0.403 e. The van der Waals surface area contributed by atoms with Crippen molar-refractivity contribution in [3.05, 3.63) is 24.3 Å². The number of aromatic nitrogens is 2. The molecule has 2 rings (SSSR count). The lowest BCUT2D eigenvalue weighted by Gasteiger charge is -2.11. The maximum absolute atomic E-state index is 12.0. The van der Waals surface area contributed by atoms with E-state index >= 15 is 0 Å². The van der Waals surface area contributed by atoms with Crippen LogP contribution in [0, 0.1) is 0 Å². The second-order valence-electron chi connectivity index (χ2n) is 5.02. The number of benzene rings is 1. The smallest absolute Gasteiger partial charge is 0.322 e. The third kappa shape index (κ3) is 3.93. The monoisotopic (exact) mass is 338 g/mol. The molecule has 0 aliphatic rings. The molecule has 1 aromatic carbocycles. The van der Waals surface area contributed by atoms with E-state index in [0.29, 0.717) is 18.4 Å². The van der Waals surface area contributed by atoms with Gasteiger partial charge in [-0.25, -0.2) is 12.7 Å². The van der Waals surface area contributed by atoms with E-state index < -0.39 is 10.0 Å². The van der Waals surface area contributed by atoms with Gasteiger partial charge in [-0.15, -0.1) is 5.10 Å². The van der Waals surface area contributed by atoms with Crippen LogP contribution in [0.1, 0.15) is 19.8 Å². The van der Waals surface area contributed by atoms with Gasteiger partial charge < -0.3 is 4.42 Å². The Labute approximate surface area is 134 Å². The number of hydrogen-bond acceptors (Lipinski definition) is 6. The van der Waals surface area contributed by atoms with Crippen LogP contribution in [0.5, 0.6) is 0 Å². The molecule has 0 spiro atoms. The van der Waals surface area contributed by atoms with Crippen LogP contribution in [0.15, 0.2) is 33.6 Å². The summed E-state index contributed by atoms with van der Waals surface area (Å²) in [4.78, 5) is 11.6.